The van der Waals surface area contributed by atoms with Crippen molar-refractivity contribution in [3.8, 4) is 17.1 Å². The largest absolute Gasteiger partial charge is 0.507 e. The topological polar surface area (TPSA) is 105 Å². The van der Waals surface area contributed by atoms with E-state index in [2.05, 4.69) is 15.3 Å². The molecule has 0 aliphatic carbocycles. The van der Waals surface area contributed by atoms with E-state index in [9.17, 15) is 13.5 Å². The van der Waals surface area contributed by atoms with E-state index in [0.717, 1.165) is 5.69 Å². The monoisotopic (exact) mass is 378 g/mol. The van der Waals surface area contributed by atoms with Gasteiger partial charge in [-0.1, -0.05) is 12.1 Å². The fraction of sp³-hybridized carbons (Fsp3) is 0.412. The molecule has 1 saturated heterocycles. The molecular formula is C17H22N4O4S. The van der Waals surface area contributed by atoms with Crippen molar-refractivity contribution in [2.24, 2.45) is 0 Å². The number of para-hydroxylation sites is 1. The number of anilines is 1. The molecule has 140 valence electrons. The fourth-order valence-corrected chi connectivity index (χ4v) is 3.62. The Bertz CT molecular complexity index is 888. The molecule has 3 rings (SSSR count). The Morgan fingerprint density at radius 1 is 1.35 bits per heavy atom. The number of morpholine rings is 1. The molecule has 1 aliphatic heterocycles. The van der Waals surface area contributed by atoms with E-state index in [1.165, 1.54) is 10.6 Å². The molecule has 2 heterocycles. The summed E-state index contributed by atoms with van der Waals surface area (Å²) in [7, 11) is -3.22. The van der Waals surface area contributed by atoms with Gasteiger partial charge in [0, 0.05) is 31.4 Å². The van der Waals surface area contributed by atoms with E-state index < -0.39 is 10.0 Å². The van der Waals surface area contributed by atoms with Gasteiger partial charge in [0.2, 0.25) is 10.0 Å². The number of ether oxygens (including phenoxy) is 1. The third-order valence-corrected chi connectivity index (χ3v) is 5.35. The summed E-state index contributed by atoms with van der Waals surface area (Å²) in [4.78, 5) is 8.82. The first-order valence-corrected chi connectivity index (χ1v) is 10.1. The molecule has 1 aliphatic rings. The van der Waals surface area contributed by atoms with Crippen LogP contribution < -0.4 is 5.32 Å². The third kappa shape index (κ3) is 4.48. The minimum Gasteiger partial charge on any atom is -0.507 e. The minimum absolute atomic E-state index is 0.114. The molecule has 26 heavy (non-hydrogen) atoms. The summed E-state index contributed by atoms with van der Waals surface area (Å²) in [5.74, 6) is 1.13. The van der Waals surface area contributed by atoms with Gasteiger partial charge in [-0.3, -0.25) is 0 Å². The molecule has 9 heteroatoms. The van der Waals surface area contributed by atoms with Gasteiger partial charge < -0.3 is 15.2 Å². The maximum atomic E-state index is 11.7. The highest BCUT2D eigenvalue weighted by molar-refractivity contribution is 7.88. The number of aromatic hydroxyl groups is 1. The van der Waals surface area contributed by atoms with Crippen molar-refractivity contribution in [2.45, 2.75) is 13.0 Å². The molecule has 2 aromatic rings. The zero-order chi connectivity index (χ0) is 18.7. The fourth-order valence-electron chi connectivity index (χ4n) is 2.78. The van der Waals surface area contributed by atoms with Crippen LogP contribution in [0.2, 0.25) is 0 Å². The Labute approximate surface area is 152 Å². The van der Waals surface area contributed by atoms with Crippen LogP contribution in [-0.2, 0) is 14.8 Å². The number of sulfonamides is 1. The molecule has 1 fully saturated rings. The Morgan fingerprint density at radius 2 is 2.12 bits per heavy atom. The van der Waals surface area contributed by atoms with Crippen LogP contribution in [0.25, 0.3) is 11.4 Å². The van der Waals surface area contributed by atoms with Crippen molar-refractivity contribution in [1.29, 1.82) is 0 Å². The van der Waals surface area contributed by atoms with Crippen molar-refractivity contribution >= 4 is 15.8 Å². The van der Waals surface area contributed by atoms with Gasteiger partial charge in [-0.25, -0.2) is 18.4 Å². The van der Waals surface area contributed by atoms with Gasteiger partial charge >= 0.3 is 0 Å². The lowest BCUT2D eigenvalue weighted by Gasteiger charge is -2.31. The highest BCUT2D eigenvalue weighted by Crippen LogP contribution is 2.26. The average Bonchev–Trinajstić information content (AvgIpc) is 2.59. The lowest BCUT2D eigenvalue weighted by molar-refractivity contribution is 0.00700. The molecule has 0 radical (unpaired) electrons. The van der Waals surface area contributed by atoms with E-state index in [1.807, 2.05) is 13.0 Å². The normalized spacial score (nSPS) is 18.6. The van der Waals surface area contributed by atoms with Gasteiger partial charge in [0.05, 0.1) is 24.5 Å². The summed E-state index contributed by atoms with van der Waals surface area (Å²) >= 11 is 0. The number of aromatic nitrogens is 2. The lowest BCUT2D eigenvalue weighted by atomic mass is 10.2. The third-order valence-electron chi connectivity index (χ3n) is 4.08. The summed E-state index contributed by atoms with van der Waals surface area (Å²) in [5, 5.41) is 13.2. The summed E-state index contributed by atoms with van der Waals surface area (Å²) in [6, 6.07) is 8.68. The molecule has 0 saturated carbocycles. The molecule has 1 aromatic carbocycles. The molecule has 2 N–H and O–H groups in total. The molecule has 1 aromatic heterocycles. The second-order valence-corrected chi connectivity index (χ2v) is 8.21. The van der Waals surface area contributed by atoms with Crippen LogP contribution in [0.5, 0.6) is 5.75 Å². The van der Waals surface area contributed by atoms with Gasteiger partial charge in [-0.15, -0.1) is 0 Å². The van der Waals surface area contributed by atoms with Crippen LogP contribution in [0.1, 0.15) is 5.69 Å². The zero-order valence-corrected chi connectivity index (χ0v) is 15.5. The van der Waals surface area contributed by atoms with Gasteiger partial charge in [0.15, 0.2) is 5.82 Å². The first-order valence-electron chi connectivity index (χ1n) is 8.27. The molecule has 1 atom stereocenters. The number of nitrogens with zero attached hydrogens (tertiary/aromatic N) is 3. The Balaban J connectivity index is 1.72. The van der Waals surface area contributed by atoms with E-state index in [0.29, 0.717) is 43.4 Å². The predicted molar refractivity (Wildman–Crippen MR) is 98.5 cm³/mol. The summed E-state index contributed by atoms with van der Waals surface area (Å²) in [5.41, 5.74) is 1.31. The average molecular weight is 378 g/mol. The highest BCUT2D eigenvalue weighted by Gasteiger charge is 2.26. The second-order valence-electron chi connectivity index (χ2n) is 6.23. The number of phenols is 1. The SMILES string of the molecule is Cc1cc(NCC2CN(S(C)(=O)=O)CCO2)nc(-c2ccccc2O)n1. The molecular weight excluding hydrogens is 356 g/mol. The number of benzene rings is 1. The van der Waals surface area contributed by atoms with E-state index in [1.54, 1.807) is 24.3 Å². The Kier molecular flexibility index (Phi) is 5.40. The number of phenolic OH excluding ortho intramolecular Hbond substituents is 1. The van der Waals surface area contributed by atoms with Crippen LogP contribution >= 0.6 is 0 Å². The number of nitrogens with one attached hydrogen (secondary N) is 1. The number of aryl methyl sites for hydroxylation is 1. The van der Waals surface area contributed by atoms with Crippen LogP contribution in [0.15, 0.2) is 30.3 Å². The zero-order valence-electron chi connectivity index (χ0n) is 14.7. The van der Waals surface area contributed by atoms with Gasteiger partial charge in [-0.2, -0.15) is 4.31 Å². The predicted octanol–water partition coefficient (Wildman–Crippen LogP) is 1.23. The van der Waals surface area contributed by atoms with Gasteiger partial charge in [-0.05, 0) is 19.1 Å². The smallest absolute Gasteiger partial charge is 0.211 e. The molecule has 0 bridgehead atoms. The Morgan fingerprint density at radius 3 is 2.85 bits per heavy atom. The standard InChI is InChI=1S/C17H22N4O4S/c1-12-9-16(20-17(19-12)14-5-3-4-6-15(14)22)18-10-13-11-21(7-8-25-13)26(2,23)24/h3-6,9,13,22H,7-8,10-11H2,1-2H3,(H,18,19,20). The molecule has 8 nitrogen and oxygen atoms in total. The van der Waals surface area contributed by atoms with E-state index in [-0.39, 0.29) is 11.9 Å². The van der Waals surface area contributed by atoms with Gasteiger partial charge in [0.25, 0.3) is 0 Å². The van der Waals surface area contributed by atoms with Crippen molar-refractivity contribution in [3.63, 3.8) is 0 Å². The molecule has 0 amide bonds. The maximum Gasteiger partial charge on any atom is 0.211 e. The lowest BCUT2D eigenvalue weighted by Crippen LogP contribution is -2.47. The number of rotatable bonds is 5. The van der Waals surface area contributed by atoms with E-state index in [4.69, 9.17) is 4.74 Å². The minimum atomic E-state index is -3.22. The van der Waals surface area contributed by atoms with Crippen LogP contribution in [0, 0.1) is 6.92 Å². The van der Waals surface area contributed by atoms with Crippen LogP contribution in [0.4, 0.5) is 5.82 Å². The number of hydrogen-bond acceptors (Lipinski definition) is 7. The first kappa shape index (κ1) is 18.6. The van der Waals surface area contributed by atoms with Gasteiger partial charge in [0.1, 0.15) is 11.6 Å². The van der Waals surface area contributed by atoms with Crippen LogP contribution in [-0.4, -0.2) is 66.4 Å². The van der Waals surface area contributed by atoms with Crippen molar-refractivity contribution in [2.75, 3.05) is 37.8 Å². The quantitative estimate of drug-likeness (QED) is 0.806. The molecule has 1 unspecified atom stereocenters. The summed E-state index contributed by atoms with van der Waals surface area (Å²) < 4.78 is 30.4. The first-order chi connectivity index (χ1) is 12.3. The highest BCUT2D eigenvalue weighted by atomic mass is 32.2. The number of hydrogen-bond donors (Lipinski definition) is 2. The molecule has 0 spiro atoms. The van der Waals surface area contributed by atoms with E-state index >= 15 is 0 Å². The van der Waals surface area contributed by atoms with Crippen LogP contribution in [0.3, 0.4) is 0 Å². The Hall–Kier alpha value is -2.23. The summed E-state index contributed by atoms with van der Waals surface area (Å²) in [6.45, 7) is 3.31. The van der Waals surface area contributed by atoms with Crippen molar-refractivity contribution in [1.82, 2.24) is 14.3 Å². The van der Waals surface area contributed by atoms with Crippen molar-refractivity contribution < 1.29 is 18.3 Å². The summed E-state index contributed by atoms with van der Waals surface area (Å²) in [6.07, 6.45) is 0.942. The maximum absolute atomic E-state index is 11.7. The second kappa shape index (κ2) is 7.56. The van der Waals surface area contributed by atoms with Crippen molar-refractivity contribution in [3.05, 3.63) is 36.0 Å².